The van der Waals surface area contributed by atoms with Crippen molar-refractivity contribution >= 4 is 5.91 Å². The van der Waals surface area contributed by atoms with Crippen molar-refractivity contribution < 1.29 is 4.79 Å². The molecule has 0 radical (unpaired) electrons. The number of rotatable bonds is 4. The lowest BCUT2D eigenvalue weighted by Crippen LogP contribution is -2.31. The van der Waals surface area contributed by atoms with Gasteiger partial charge in [-0.3, -0.25) is 9.48 Å². The zero-order chi connectivity index (χ0) is 18.1. The predicted octanol–water partition coefficient (Wildman–Crippen LogP) is 2.60. The van der Waals surface area contributed by atoms with Crippen molar-refractivity contribution in [3.63, 3.8) is 0 Å². The van der Waals surface area contributed by atoms with Crippen molar-refractivity contribution in [2.75, 3.05) is 0 Å². The molecule has 1 aliphatic rings. The first-order valence-corrected chi connectivity index (χ1v) is 9.00. The van der Waals surface area contributed by atoms with E-state index in [1.54, 1.807) is 10.9 Å². The largest absolute Gasteiger partial charge is 0.345 e. The molecule has 7 heteroatoms. The number of aromatic nitrogens is 5. The highest BCUT2D eigenvalue weighted by Gasteiger charge is 2.27. The van der Waals surface area contributed by atoms with Gasteiger partial charge >= 0.3 is 0 Å². The number of amides is 1. The Balaban J connectivity index is 1.60. The highest BCUT2D eigenvalue weighted by molar-refractivity contribution is 5.95. The summed E-state index contributed by atoms with van der Waals surface area (Å²) in [4.78, 5) is 17.1. The molecule has 3 heterocycles. The van der Waals surface area contributed by atoms with E-state index in [1.165, 1.54) is 0 Å². The molecule has 0 aliphatic heterocycles. The minimum atomic E-state index is -0.0781. The standard InChI is InChI=1S/C19H22N6O/c1-3-24-12-15(13(2)23-24)19(26)22-16-7-6-8-17-14(16)11-21-25(17)18-9-4-5-10-20-18/h4-5,9-12,16H,3,6-8H2,1-2H3,(H,22,26)/t16-/m0/s1. The normalized spacial score (nSPS) is 16.3. The Bertz CT molecular complexity index is 927. The molecule has 1 aliphatic carbocycles. The second kappa shape index (κ2) is 6.74. The third-order valence-corrected chi connectivity index (χ3v) is 4.87. The number of carbonyl (C=O) groups is 1. The zero-order valence-electron chi connectivity index (χ0n) is 15.0. The molecule has 3 aromatic heterocycles. The van der Waals surface area contributed by atoms with E-state index in [4.69, 9.17) is 0 Å². The van der Waals surface area contributed by atoms with Crippen LogP contribution in [0.2, 0.25) is 0 Å². The molecule has 0 aromatic carbocycles. The van der Waals surface area contributed by atoms with E-state index in [9.17, 15) is 4.79 Å². The van der Waals surface area contributed by atoms with Crippen molar-refractivity contribution in [3.8, 4) is 5.82 Å². The van der Waals surface area contributed by atoms with Gasteiger partial charge in [-0.1, -0.05) is 6.07 Å². The average Bonchev–Trinajstić information content (AvgIpc) is 3.26. The maximum atomic E-state index is 12.7. The van der Waals surface area contributed by atoms with Gasteiger partial charge in [0.1, 0.15) is 0 Å². The lowest BCUT2D eigenvalue weighted by Gasteiger charge is -2.24. The molecule has 1 amide bonds. The Morgan fingerprint density at radius 2 is 2.27 bits per heavy atom. The van der Waals surface area contributed by atoms with Gasteiger partial charge in [0, 0.05) is 24.5 Å². The highest BCUT2D eigenvalue weighted by atomic mass is 16.1. The maximum Gasteiger partial charge on any atom is 0.255 e. The number of carbonyl (C=O) groups excluding carboxylic acids is 1. The Morgan fingerprint density at radius 1 is 1.38 bits per heavy atom. The summed E-state index contributed by atoms with van der Waals surface area (Å²) in [5.41, 5.74) is 3.60. The first-order valence-electron chi connectivity index (χ1n) is 9.00. The summed E-state index contributed by atoms with van der Waals surface area (Å²) in [5.74, 6) is 0.728. The Morgan fingerprint density at radius 3 is 3.00 bits per heavy atom. The molecule has 0 saturated carbocycles. The molecule has 0 saturated heterocycles. The summed E-state index contributed by atoms with van der Waals surface area (Å²) < 4.78 is 3.67. The molecule has 7 nitrogen and oxygen atoms in total. The lowest BCUT2D eigenvalue weighted by molar-refractivity contribution is 0.0932. The molecule has 134 valence electrons. The van der Waals surface area contributed by atoms with Crippen LogP contribution in [0.4, 0.5) is 0 Å². The Kier molecular flexibility index (Phi) is 4.28. The van der Waals surface area contributed by atoms with E-state index >= 15 is 0 Å². The summed E-state index contributed by atoms with van der Waals surface area (Å²) in [7, 11) is 0. The summed E-state index contributed by atoms with van der Waals surface area (Å²) in [6.45, 7) is 4.62. The van der Waals surface area contributed by atoms with Crippen LogP contribution in [0.15, 0.2) is 36.8 Å². The highest BCUT2D eigenvalue weighted by Crippen LogP contribution is 2.31. The number of fused-ring (bicyclic) bond motifs is 1. The van der Waals surface area contributed by atoms with Gasteiger partial charge in [0.15, 0.2) is 5.82 Å². The topological polar surface area (TPSA) is 77.6 Å². The monoisotopic (exact) mass is 350 g/mol. The van der Waals surface area contributed by atoms with Gasteiger partial charge in [0.25, 0.3) is 5.91 Å². The minimum absolute atomic E-state index is 0.0342. The molecule has 3 aromatic rings. The van der Waals surface area contributed by atoms with E-state index < -0.39 is 0 Å². The molecule has 1 atom stereocenters. The molecule has 4 rings (SSSR count). The van der Waals surface area contributed by atoms with Crippen LogP contribution < -0.4 is 5.32 Å². The number of hydrogen-bond acceptors (Lipinski definition) is 4. The fraction of sp³-hybridized carbons (Fsp3) is 0.368. The second-order valence-electron chi connectivity index (χ2n) is 6.55. The first kappa shape index (κ1) is 16.5. The van der Waals surface area contributed by atoms with Crippen LogP contribution in [-0.4, -0.2) is 30.5 Å². The predicted molar refractivity (Wildman–Crippen MR) is 97.1 cm³/mol. The van der Waals surface area contributed by atoms with E-state index in [-0.39, 0.29) is 11.9 Å². The number of hydrogen-bond donors (Lipinski definition) is 1. The van der Waals surface area contributed by atoms with E-state index in [0.717, 1.165) is 48.6 Å². The van der Waals surface area contributed by atoms with Crippen molar-refractivity contribution in [2.24, 2.45) is 0 Å². The molecule has 0 spiro atoms. The summed E-state index contributed by atoms with van der Waals surface area (Å²) in [5, 5.41) is 12.1. The number of aryl methyl sites for hydroxylation is 2. The second-order valence-corrected chi connectivity index (χ2v) is 6.55. The molecule has 0 unspecified atom stereocenters. The van der Waals surface area contributed by atoms with Gasteiger partial charge in [0.05, 0.1) is 29.2 Å². The zero-order valence-corrected chi connectivity index (χ0v) is 15.0. The Hall–Kier alpha value is -2.96. The van der Waals surface area contributed by atoms with Crippen LogP contribution in [0.5, 0.6) is 0 Å². The van der Waals surface area contributed by atoms with Gasteiger partial charge in [0.2, 0.25) is 0 Å². The molecular weight excluding hydrogens is 328 g/mol. The number of nitrogens with zero attached hydrogens (tertiary/aromatic N) is 5. The van der Waals surface area contributed by atoms with Crippen LogP contribution in [-0.2, 0) is 13.0 Å². The van der Waals surface area contributed by atoms with Crippen LogP contribution in [0.1, 0.15) is 53.1 Å². The average molecular weight is 350 g/mol. The summed E-state index contributed by atoms with van der Waals surface area (Å²) >= 11 is 0. The van der Waals surface area contributed by atoms with Crippen molar-refractivity contribution in [3.05, 3.63) is 59.3 Å². The van der Waals surface area contributed by atoms with E-state index in [2.05, 4.69) is 20.5 Å². The van der Waals surface area contributed by atoms with Crippen LogP contribution in [0.3, 0.4) is 0 Å². The molecule has 0 bridgehead atoms. The third-order valence-electron chi connectivity index (χ3n) is 4.87. The fourth-order valence-electron chi connectivity index (χ4n) is 3.52. The molecule has 26 heavy (non-hydrogen) atoms. The number of nitrogens with one attached hydrogen (secondary N) is 1. The smallest absolute Gasteiger partial charge is 0.255 e. The minimum Gasteiger partial charge on any atom is -0.345 e. The lowest BCUT2D eigenvalue weighted by atomic mass is 9.92. The summed E-state index contributed by atoms with van der Waals surface area (Å²) in [6.07, 6.45) is 8.28. The van der Waals surface area contributed by atoms with Crippen molar-refractivity contribution in [2.45, 2.75) is 45.7 Å². The maximum absolute atomic E-state index is 12.7. The molecule has 0 fully saturated rings. The quantitative estimate of drug-likeness (QED) is 0.784. The van der Waals surface area contributed by atoms with E-state index in [0.29, 0.717) is 5.56 Å². The molecule has 1 N–H and O–H groups in total. The fourth-order valence-corrected chi connectivity index (χ4v) is 3.52. The first-order chi connectivity index (χ1) is 12.7. The van der Waals surface area contributed by atoms with Gasteiger partial charge in [-0.25, -0.2) is 9.67 Å². The van der Waals surface area contributed by atoms with Crippen molar-refractivity contribution in [1.29, 1.82) is 0 Å². The number of pyridine rings is 1. The van der Waals surface area contributed by atoms with Crippen molar-refractivity contribution in [1.82, 2.24) is 29.9 Å². The SMILES string of the molecule is CCn1cc(C(=O)N[C@H]2CCCc3c2cnn3-c2ccccn2)c(C)n1. The third kappa shape index (κ3) is 2.89. The van der Waals surface area contributed by atoms with Gasteiger partial charge < -0.3 is 5.32 Å². The van der Waals surface area contributed by atoms with Gasteiger partial charge in [-0.05, 0) is 45.2 Å². The van der Waals surface area contributed by atoms with Gasteiger partial charge in [-0.2, -0.15) is 10.2 Å². The van der Waals surface area contributed by atoms with Crippen LogP contribution >= 0.6 is 0 Å². The molecular formula is C19H22N6O. The van der Waals surface area contributed by atoms with Crippen LogP contribution in [0, 0.1) is 6.92 Å². The summed E-state index contributed by atoms with van der Waals surface area (Å²) in [6, 6.07) is 5.75. The van der Waals surface area contributed by atoms with Crippen LogP contribution in [0.25, 0.3) is 5.82 Å². The van der Waals surface area contributed by atoms with E-state index in [1.807, 2.05) is 49.1 Å². The van der Waals surface area contributed by atoms with Gasteiger partial charge in [-0.15, -0.1) is 0 Å². The Labute approximate surface area is 152 Å².